The zero-order valence-corrected chi connectivity index (χ0v) is 13.4. The molecule has 1 unspecified atom stereocenters. The second kappa shape index (κ2) is 6.82. The maximum Gasteiger partial charge on any atom is 0.221 e. The number of carbonyl (C=O) groups is 1. The Morgan fingerprint density at radius 1 is 1.18 bits per heavy atom. The molecule has 120 valence electrons. The van der Waals surface area contributed by atoms with Crippen molar-refractivity contribution >= 4 is 5.91 Å². The van der Waals surface area contributed by atoms with Gasteiger partial charge in [-0.05, 0) is 49.1 Å². The third-order valence-electron chi connectivity index (χ3n) is 5.45. The highest BCUT2D eigenvalue weighted by Gasteiger charge is 2.36. The summed E-state index contributed by atoms with van der Waals surface area (Å²) in [5, 5.41) is 3.31. The second-order valence-corrected chi connectivity index (χ2v) is 7.23. The van der Waals surface area contributed by atoms with Gasteiger partial charge in [0, 0.05) is 6.42 Å². The summed E-state index contributed by atoms with van der Waals surface area (Å²) < 4.78 is 0. The summed E-state index contributed by atoms with van der Waals surface area (Å²) in [6.45, 7) is 0.639. The predicted molar refractivity (Wildman–Crippen MR) is 89.2 cm³/mol. The van der Waals surface area contributed by atoms with E-state index in [0.717, 1.165) is 12.8 Å². The predicted octanol–water partition coefficient (Wildman–Crippen LogP) is 3.55. The first-order valence-corrected chi connectivity index (χ1v) is 8.77. The van der Waals surface area contributed by atoms with Crippen LogP contribution in [0.15, 0.2) is 30.3 Å². The van der Waals surface area contributed by atoms with E-state index >= 15 is 0 Å². The molecule has 3 rings (SSSR count). The van der Waals surface area contributed by atoms with Crippen molar-refractivity contribution in [3.05, 3.63) is 35.9 Å². The smallest absolute Gasteiger partial charge is 0.221 e. The van der Waals surface area contributed by atoms with Crippen LogP contribution in [0.25, 0.3) is 0 Å². The molecule has 2 aliphatic carbocycles. The maximum atomic E-state index is 12.6. The van der Waals surface area contributed by atoms with E-state index in [0.29, 0.717) is 18.9 Å². The molecule has 3 nitrogen and oxygen atoms in total. The van der Waals surface area contributed by atoms with Gasteiger partial charge in [0.1, 0.15) is 0 Å². The topological polar surface area (TPSA) is 55.1 Å². The number of hydrogen-bond donors (Lipinski definition) is 2. The van der Waals surface area contributed by atoms with Crippen molar-refractivity contribution in [2.24, 2.45) is 17.1 Å². The van der Waals surface area contributed by atoms with Crippen LogP contribution in [0.5, 0.6) is 0 Å². The standard InChI is InChI=1S/C19H28N2O/c20-14-19(11-5-2-6-12-19)13-17(22)21-18(16-9-10-16)15-7-3-1-4-8-15/h1,3-4,7-8,16,18H,2,5-6,9-14,20H2,(H,21,22). The lowest BCUT2D eigenvalue weighted by atomic mass is 9.71. The Kier molecular flexibility index (Phi) is 4.82. The SMILES string of the molecule is NCC1(CC(=O)NC(c2ccccc2)C2CC2)CCCCC1. The van der Waals surface area contributed by atoms with Crippen molar-refractivity contribution in [3.63, 3.8) is 0 Å². The summed E-state index contributed by atoms with van der Waals surface area (Å²) in [6.07, 6.45) is 8.98. The van der Waals surface area contributed by atoms with Crippen LogP contribution in [0, 0.1) is 11.3 Å². The first-order valence-electron chi connectivity index (χ1n) is 8.77. The highest BCUT2D eigenvalue weighted by Crippen LogP contribution is 2.42. The molecule has 0 spiro atoms. The van der Waals surface area contributed by atoms with Gasteiger partial charge in [-0.1, -0.05) is 49.6 Å². The van der Waals surface area contributed by atoms with Crippen molar-refractivity contribution in [2.75, 3.05) is 6.54 Å². The Morgan fingerprint density at radius 3 is 2.45 bits per heavy atom. The van der Waals surface area contributed by atoms with Gasteiger partial charge in [0.25, 0.3) is 0 Å². The molecule has 0 bridgehead atoms. The van der Waals surface area contributed by atoms with E-state index in [-0.39, 0.29) is 17.4 Å². The quantitative estimate of drug-likeness (QED) is 0.844. The van der Waals surface area contributed by atoms with Gasteiger partial charge in [-0.15, -0.1) is 0 Å². The zero-order chi connectivity index (χ0) is 15.4. The summed E-state index contributed by atoms with van der Waals surface area (Å²) in [5.74, 6) is 0.805. The Morgan fingerprint density at radius 2 is 1.86 bits per heavy atom. The van der Waals surface area contributed by atoms with Crippen LogP contribution < -0.4 is 11.1 Å². The average Bonchev–Trinajstić information content (AvgIpc) is 3.39. The average molecular weight is 300 g/mol. The van der Waals surface area contributed by atoms with Crippen molar-refractivity contribution < 1.29 is 4.79 Å². The molecular formula is C19H28N2O. The van der Waals surface area contributed by atoms with E-state index in [9.17, 15) is 4.79 Å². The Balaban J connectivity index is 1.64. The van der Waals surface area contributed by atoms with Crippen molar-refractivity contribution in [1.82, 2.24) is 5.32 Å². The summed E-state index contributed by atoms with van der Waals surface area (Å²) >= 11 is 0. The van der Waals surface area contributed by atoms with E-state index in [2.05, 4.69) is 29.6 Å². The highest BCUT2D eigenvalue weighted by atomic mass is 16.1. The van der Waals surface area contributed by atoms with Crippen LogP contribution in [0.3, 0.4) is 0 Å². The molecule has 1 aromatic rings. The van der Waals surface area contributed by atoms with Crippen molar-refractivity contribution in [3.8, 4) is 0 Å². The molecule has 0 radical (unpaired) electrons. The first-order chi connectivity index (χ1) is 10.7. The van der Waals surface area contributed by atoms with Gasteiger partial charge in [-0.2, -0.15) is 0 Å². The van der Waals surface area contributed by atoms with E-state index in [1.807, 2.05) is 6.07 Å². The second-order valence-electron chi connectivity index (χ2n) is 7.23. The zero-order valence-electron chi connectivity index (χ0n) is 13.4. The molecule has 1 amide bonds. The maximum absolute atomic E-state index is 12.6. The number of rotatable bonds is 6. The number of amides is 1. The third-order valence-corrected chi connectivity index (χ3v) is 5.45. The third kappa shape index (κ3) is 3.70. The lowest BCUT2D eigenvalue weighted by molar-refractivity contribution is -0.124. The lowest BCUT2D eigenvalue weighted by Crippen LogP contribution is -2.40. The number of benzene rings is 1. The minimum atomic E-state index is 0.0487. The summed E-state index contributed by atoms with van der Waals surface area (Å²) in [4.78, 5) is 12.6. The van der Waals surface area contributed by atoms with E-state index in [1.54, 1.807) is 0 Å². The molecular weight excluding hydrogens is 272 g/mol. The van der Waals surface area contributed by atoms with E-state index < -0.39 is 0 Å². The van der Waals surface area contributed by atoms with E-state index in [1.165, 1.54) is 37.7 Å². The van der Waals surface area contributed by atoms with E-state index in [4.69, 9.17) is 5.73 Å². The van der Waals surface area contributed by atoms with Crippen molar-refractivity contribution in [2.45, 2.75) is 57.4 Å². The number of nitrogens with two attached hydrogens (primary N) is 1. The first kappa shape index (κ1) is 15.5. The summed E-state index contributed by atoms with van der Waals surface area (Å²) in [7, 11) is 0. The van der Waals surface area contributed by atoms with Gasteiger partial charge in [0.05, 0.1) is 6.04 Å². The Labute approximate surface area is 133 Å². The molecule has 2 saturated carbocycles. The van der Waals surface area contributed by atoms with Crippen LogP contribution in [-0.2, 0) is 4.79 Å². The van der Waals surface area contributed by atoms with Crippen LogP contribution in [0.1, 0.15) is 63.0 Å². The molecule has 22 heavy (non-hydrogen) atoms. The Bertz CT molecular complexity index is 489. The molecule has 0 aromatic heterocycles. The van der Waals surface area contributed by atoms with Gasteiger partial charge in [0.15, 0.2) is 0 Å². The van der Waals surface area contributed by atoms with Gasteiger partial charge < -0.3 is 11.1 Å². The fourth-order valence-corrected chi connectivity index (χ4v) is 3.88. The van der Waals surface area contributed by atoms with Gasteiger partial charge >= 0.3 is 0 Å². The molecule has 2 aliphatic rings. The van der Waals surface area contributed by atoms with Crippen LogP contribution in [-0.4, -0.2) is 12.5 Å². The van der Waals surface area contributed by atoms with Crippen LogP contribution >= 0.6 is 0 Å². The molecule has 0 saturated heterocycles. The van der Waals surface area contributed by atoms with Gasteiger partial charge in [-0.3, -0.25) is 4.79 Å². The summed E-state index contributed by atoms with van der Waals surface area (Å²) in [5.41, 5.74) is 7.31. The number of nitrogens with one attached hydrogen (secondary N) is 1. The number of hydrogen-bond acceptors (Lipinski definition) is 2. The molecule has 1 atom stereocenters. The molecule has 1 aromatic carbocycles. The van der Waals surface area contributed by atoms with Gasteiger partial charge in [0.2, 0.25) is 5.91 Å². The number of carbonyl (C=O) groups excluding carboxylic acids is 1. The normalized spacial score (nSPS) is 22.0. The fraction of sp³-hybridized carbons (Fsp3) is 0.632. The highest BCUT2D eigenvalue weighted by molar-refractivity contribution is 5.77. The Hall–Kier alpha value is -1.35. The molecule has 2 fully saturated rings. The van der Waals surface area contributed by atoms with Crippen LogP contribution in [0.2, 0.25) is 0 Å². The van der Waals surface area contributed by atoms with Crippen molar-refractivity contribution in [1.29, 1.82) is 0 Å². The molecule has 3 heteroatoms. The summed E-state index contributed by atoms with van der Waals surface area (Å²) in [6, 6.07) is 10.6. The monoisotopic (exact) mass is 300 g/mol. The molecule has 0 heterocycles. The fourth-order valence-electron chi connectivity index (χ4n) is 3.88. The minimum absolute atomic E-state index is 0.0487. The van der Waals surface area contributed by atoms with Crippen LogP contribution in [0.4, 0.5) is 0 Å². The van der Waals surface area contributed by atoms with Gasteiger partial charge in [-0.25, -0.2) is 0 Å². The minimum Gasteiger partial charge on any atom is -0.349 e. The molecule has 0 aliphatic heterocycles. The lowest BCUT2D eigenvalue weighted by Gasteiger charge is -2.36. The largest absolute Gasteiger partial charge is 0.349 e. The molecule has 3 N–H and O–H groups in total.